The molecule has 1 aliphatic rings. The molecule has 1 N–H and O–H groups in total. The summed E-state index contributed by atoms with van der Waals surface area (Å²) >= 11 is 1.51. The molecule has 196 valence electrons. The first-order valence-electron chi connectivity index (χ1n) is 13.0. The Morgan fingerprint density at radius 2 is 1.62 bits per heavy atom. The van der Waals surface area contributed by atoms with E-state index in [4.69, 9.17) is 4.74 Å². The zero-order valence-electron chi connectivity index (χ0n) is 21.5. The van der Waals surface area contributed by atoms with E-state index in [0.29, 0.717) is 41.7 Å². The lowest BCUT2D eigenvalue weighted by molar-refractivity contribution is 0.0713. The Kier molecular flexibility index (Phi) is 6.85. The van der Waals surface area contributed by atoms with E-state index in [1.54, 1.807) is 0 Å². The number of carbonyl (C=O) groups is 2. The molecule has 0 aliphatic carbocycles. The Morgan fingerprint density at radius 3 is 2.33 bits per heavy atom. The number of fused-ring (bicyclic) bond motifs is 1. The minimum atomic E-state index is -0.169. The van der Waals surface area contributed by atoms with Crippen LogP contribution >= 0.6 is 11.3 Å². The van der Waals surface area contributed by atoms with Crippen LogP contribution < -0.4 is 10.1 Å². The number of aromatic nitrogens is 2. The SMILES string of the molecule is Cc1nc2sccn2c1C(=O)Nc1ccc(C2CCN(C(=O)c3ccc(Oc4ccccc4)cc3)CC2)cc1. The molecule has 0 radical (unpaired) electrons. The average Bonchev–Trinajstić information content (AvgIpc) is 3.54. The predicted octanol–water partition coefficient (Wildman–Crippen LogP) is 6.77. The molecule has 0 saturated carbocycles. The van der Waals surface area contributed by atoms with E-state index in [1.165, 1.54) is 16.9 Å². The number of ether oxygens (including phenoxy) is 1. The van der Waals surface area contributed by atoms with Crippen molar-refractivity contribution in [1.82, 2.24) is 14.3 Å². The summed E-state index contributed by atoms with van der Waals surface area (Å²) in [5, 5.41) is 4.92. The summed E-state index contributed by atoms with van der Waals surface area (Å²) in [5.74, 6) is 1.73. The Balaban J connectivity index is 1.03. The maximum absolute atomic E-state index is 13.1. The van der Waals surface area contributed by atoms with Gasteiger partial charge in [0.2, 0.25) is 0 Å². The first kappa shape index (κ1) is 24.9. The third-order valence-electron chi connectivity index (χ3n) is 7.15. The third kappa shape index (κ3) is 5.28. The highest BCUT2D eigenvalue weighted by Crippen LogP contribution is 2.30. The van der Waals surface area contributed by atoms with Crippen molar-refractivity contribution in [1.29, 1.82) is 0 Å². The van der Waals surface area contributed by atoms with Crippen molar-refractivity contribution < 1.29 is 14.3 Å². The highest BCUT2D eigenvalue weighted by atomic mass is 32.1. The summed E-state index contributed by atoms with van der Waals surface area (Å²) in [6.07, 6.45) is 3.67. The number of hydrogen-bond donors (Lipinski definition) is 1. The normalized spacial score (nSPS) is 13.9. The number of piperidine rings is 1. The molecule has 6 rings (SSSR count). The molecule has 0 spiro atoms. The van der Waals surface area contributed by atoms with Gasteiger partial charge in [0.1, 0.15) is 17.2 Å². The Morgan fingerprint density at radius 1 is 0.923 bits per heavy atom. The minimum Gasteiger partial charge on any atom is -0.457 e. The highest BCUT2D eigenvalue weighted by Gasteiger charge is 2.25. The molecule has 2 aromatic heterocycles. The van der Waals surface area contributed by atoms with Crippen LogP contribution in [0.1, 0.15) is 50.9 Å². The van der Waals surface area contributed by atoms with Crippen LogP contribution in [0.3, 0.4) is 0 Å². The van der Waals surface area contributed by atoms with Gasteiger partial charge in [0.25, 0.3) is 11.8 Å². The number of hydrogen-bond acceptors (Lipinski definition) is 5. The molecular formula is C31H28N4O3S. The number of aryl methyl sites for hydroxylation is 1. The lowest BCUT2D eigenvalue weighted by atomic mass is 9.89. The van der Waals surface area contributed by atoms with Gasteiger partial charge in [-0.2, -0.15) is 0 Å². The van der Waals surface area contributed by atoms with Crippen molar-refractivity contribution in [2.24, 2.45) is 0 Å². The van der Waals surface area contributed by atoms with E-state index < -0.39 is 0 Å². The number of likely N-dealkylation sites (tertiary alicyclic amines) is 1. The first-order chi connectivity index (χ1) is 19.0. The van der Waals surface area contributed by atoms with E-state index in [0.717, 1.165) is 29.2 Å². The van der Waals surface area contributed by atoms with Gasteiger partial charge >= 0.3 is 0 Å². The van der Waals surface area contributed by atoms with Gasteiger partial charge in [0, 0.05) is 35.9 Å². The Hall–Kier alpha value is -4.43. The fourth-order valence-corrected chi connectivity index (χ4v) is 5.84. The van der Waals surface area contributed by atoms with E-state index in [2.05, 4.69) is 22.4 Å². The number of rotatable bonds is 6. The molecule has 1 fully saturated rings. The zero-order valence-corrected chi connectivity index (χ0v) is 22.4. The molecular weight excluding hydrogens is 508 g/mol. The minimum absolute atomic E-state index is 0.0488. The van der Waals surface area contributed by atoms with Gasteiger partial charge in [-0.1, -0.05) is 30.3 Å². The summed E-state index contributed by atoms with van der Waals surface area (Å²) in [4.78, 5) is 33.2. The summed E-state index contributed by atoms with van der Waals surface area (Å²) in [6.45, 7) is 3.27. The van der Waals surface area contributed by atoms with Crippen LogP contribution in [0.4, 0.5) is 5.69 Å². The number of thiazole rings is 1. The van der Waals surface area contributed by atoms with E-state index in [1.807, 2.05) is 94.5 Å². The third-order valence-corrected chi connectivity index (χ3v) is 7.91. The molecule has 0 unspecified atom stereocenters. The summed E-state index contributed by atoms with van der Waals surface area (Å²) < 4.78 is 7.66. The second-order valence-electron chi connectivity index (χ2n) is 9.68. The van der Waals surface area contributed by atoms with Crippen LogP contribution in [0.25, 0.3) is 4.96 Å². The fourth-order valence-electron chi connectivity index (χ4n) is 5.09. The smallest absolute Gasteiger partial charge is 0.274 e. The van der Waals surface area contributed by atoms with Crippen LogP contribution in [-0.4, -0.2) is 39.2 Å². The van der Waals surface area contributed by atoms with Gasteiger partial charge in [-0.05, 0) is 79.8 Å². The number of nitrogens with zero attached hydrogens (tertiary/aromatic N) is 3. The van der Waals surface area contributed by atoms with Crippen LogP contribution in [-0.2, 0) is 0 Å². The standard InChI is InChI=1S/C31H28N4O3S/c1-21-28(35-19-20-39-31(35)32-21)29(36)33-25-11-7-22(8-12-25)23-15-17-34(18-16-23)30(37)24-9-13-27(14-10-24)38-26-5-3-2-4-6-26/h2-14,19-20,23H,15-18H2,1H3,(H,33,36). The highest BCUT2D eigenvalue weighted by molar-refractivity contribution is 7.15. The Bertz CT molecular complexity index is 1600. The van der Waals surface area contributed by atoms with Crippen LogP contribution in [0.15, 0.2) is 90.4 Å². The molecule has 0 bridgehead atoms. The van der Waals surface area contributed by atoms with Gasteiger partial charge in [-0.15, -0.1) is 11.3 Å². The molecule has 39 heavy (non-hydrogen) atoms. The van der Waals surface area contributed by atoms with Crippen molar-refractivity contribution in [3.63, 3.8) is 0 Å². The van der Waals surface area contributed by atoms with Gasteiger partial charge in [0.15, 0.2) is 4.96 Å². The monoisotopic (exact) mass is 536 g/mol. The van der Waals surface area contributed by atoms with E-state index in [-0.39, 0.29) is 11.8 Å². The molecule has 1 aliphatic heterocycles. The fraction of sp³-hybridized carbons (Fsp3) is 0.194. The molecule has 3 aromatic carbocycles. The van der Waals surface area contributed by atoms with Gasteiger partial charge in [0.05, 0.1) is 5.69 Å². The van der Waals surface area contributed by atoms with Crippen LogP contribution in [0.5, 0.6) is 11.5 Å². The number of amides is 2. The number of carbonyl (C=O) groups excluding carboxylic acids is 2. The lowest BCUT2D eigenvalue weighted by Crippen LogP contribution is -2.37. The van der Waals surface area contributed by atoms with Crippen molar-refractivity contribution in [3.8, 4) is 11.5 Å². The molecule has 2 amide bonds. The molecule has 8 heteroatoms. The summed E-state index contributed by atoms with van der Waals surface area (Å²) in [6, 6.07) is 25.0. The maximum Gasteiger partial charge on any atom is 0.274 e. The van der Waals surface area contributed by atoms with Crippen molar-refractivity contribution >= 4 is 33.8 Å². The van der Waals surface area contributed by atoms with Crippen molar-refractivity contribution in [2.45, 2.75) is 25.7 Å². The number of nitrogens with one attached hydrogen (secondary N) is 1. The number of benzene rings is 3. The van der Waals surface area contributed by atoms with E-state index in [9.17, 15) is 9.59 Å². The number of imidazole rings is 1. The second kappa shape index (κ2) is 10.7. The largest absolute Gasteiger partial charge is 0.457 e. The summed E-state index contributed by atoms with van der Waals surface area (Å²) in [7, 11) is 0. The van der Waals surface area contributed by atoms with Gasteiger partial charge in [-0.25, -0.2) is 4.98 Å². The topological polar surface area (TPSA) is 75.9 Å². The average molecular weight is 537 g/mol. The van der Waals surface area contributed by atoms with Gasteiger partial charge < -0.3 is 15.0 Å². The molecule has 1 saturated heterocycles. The van der Waals surface area contributed by atoms with E-state index >= 15 is 0 Å². The maximum atomic E-state index is 13.1. The first-order valence-corrected chi connectivity index (χ1v) is 13.9. The quantitative estimate of drug-likeness (QED) is 0.260. The molecule has 7 nitrogen and oxygen atoms in total. The van der Waals surface area contributed by atoms with Gasteiger partial charge in [-0.3, -0.25) is 14.0 Å². The molecule has 3 heterocycles. The lowest BCUT2D eigenvalue weighted by Gasteiger charge is -2.32. The second-order valence-corrected chi connectivity index (χ2v) is 10.6. The van der Waals surface area contributed by atoms with Crippen LogP contribution in [0.2, 0.25) is 0 Å². The molecule has 5 aromatic rings. The van der Waals surface area contributed by atoms with Crippen molar-refractivity contribution in [2.75, 3.05) is 18.4 Å². The zero-order chi connectivity index (χ0) is 26.8. The van der Waals surface area contributed by atoms with Crippen LogP contribution in [0, 0.1) is 6.92 Å². The number of para-hydroxylation sites is 1. The Labute approximate surface area is 230 Å². The predicted molar refractivity (Wildman–Crippen MR) is 153 cm³/mol. The molecule has 0 atom stereocenters. The summed E-state index contributed by atoms with van der Waals surface area (Å²) in [5.41, 5.74) is 3.92. The number of anilines is 1. The van der Waals surface area contributed by atoms with Crippen molar-refractivity contribution in [3.05, 3.63) is 113 Å².